The molecule has 0 saturated heterocycles. The van der Waals surface area contributed by atoms with E-state index in [0.29, 0.717) is 13.2 Å². The van der Waals surface area contributed by atoms with Crippen molar-refractivity contribution in [1.29, 1.82) is 0 Å². The zero-order chi connectivity index (χ0) is 16.7. The van der Waals surface area contributed by atoms with E-state index in [2.05, 4.69) is 43.9 Å². The average Bonchev–Trinajstić information content (AvgIpc) is 2.57. The summed E-state index contributed by atoms with van der Waals surface area (Å²) in [5, 5.41) is 11.9. The fourth-order valence-corrected chi connectivity index (χ4v) is 6.05. The first-order valence-electron chi connectivity index (χ1n) is 8.03. The number of aliphatic hydroxyl groups excluding tert-OH is 1. The average molecular weight is 327 g/mol. The second-order valence-corrected chi connectivity index (χ2v) is 11.1. The van der Waals surface area contributed by atoms with Crippen LogP contribution in [0.1, 0.15) is 5.56 Å². The Kier molecular flexibility index (Phi) is 6.34. The van der Waals surface area contributed by atoms with E-state index in [-0.39, 0.29) is 5.54 Å². The highest BCUT2D eigenvalue weighted by Crippen LogP contribution is 2.27. The maximum absolute atomic E-state index is 10.6. The Bertz CT molecular complexity index is 596. The molecule has 2 aromatic carbocycles. The maximum Gasteiger partial charge on any atom is 0.0902 e. The van der Waals surface area contributed by atoms with Gasteiger partial charge in [-0.15, -0.1) is 6.58 Å². The first kappa shape index (κ1) is 17.7. The molecule has 0 aliphatic heterocycles. The van der Waals surface area contributed by atoms with Gasteiger partial charge in [0.15, 0.2) is 0 Å². The first-order valence-corrected chi connectivity index (χ1v) is 11.1. The van der Waals surface area contributed by atoms with Crippen LogP contribution in [0.5, 0.6) is 0 Å². The molecule has 0 spiro atoms. The molecule has 0 aliphatic rings. The van der Waals surface area contributed by atoms with Crippen LogP contribution in [0.3, 0.4) is 0 Å². The summed E-state index contributed by atoms with van der Waals surface area (Å²) < 4.78 is 5.72. The highest BCUT2D eigenvalue weighted by Gasteiger charge is 2.36. The number of aliphatic hydroxyl groups is 1. The molecule has 3 heteroatoms. The summed E-state index contributed by atoms with van der Waals surface area (Å²) in [6.07, 6.45) is 1.37. The van der Waals surface area contributed by atoms with E-state index in [9.17, 15) is 5.11 Å². The van der Waals surface area contributed by atoms with Gasteiger partial charge < -0.3 is 9.84 Å². The minimum absolute atomic E-state index is 0.0562. The minimum atomic E-state index is -1.85. The van der Waals surface area contributed by atoms with E-state index < -0.39 is 14.2 Å². The van der Waals surface area contributed by atoms with Crippen LogP contribution in [0, 0.1) is 0 Å². The van der Waals surface area contributed by atoms with E-state index in [4.69, 9.17) is 4.74 Å². The third-order valence-electron chi connectivity index (χ3n) is 4.42. The van der Waals surface area contributed by atoms with Gasteiger partial charge in [-0.1, -0.05) is 85.0 Å². The fourth-order valence-electron chi connectivity index (χ4n) is 2.97. The quantitative estimate of drug-likeness (QED) is 0.591. The van der Waals surface area contributed by atoms with Gasteiger partial charge in [-0.3, -0.25) is 0 Å². The van der Waals surface area contributed by atoms with Gasteiger partial charge in [0.1, 0.15) is 0 Å². The number of rotatable bonds is 8. The molecule has 0 aliphatic carbocycles. The van der Waals surface area contributed by atoms with Crippen molar-refractivity contribution in [3.63, 3.8) is 0 Å². The lowest BCUT2D eigenvalue weighted by Gasteiger charge is -2.34. The van der Waals surface area contributed by atoms with E-state index in [1.165, 1.54) is 5.19 Å². The van der Waals surface area contributed by atoms with Crippen LogP contribution in [0.15, 0.2) is 73.3 Å². The summed E-state index contributed by atoms with van der Waals surface area (Å²) >= 11 is 0. The van der Waals surface area contributed by atoms with Crippen LogP contribution in [-0.2, 0) is 11.3 Å². The predicted molar refractivity (Wildman–Crippen MR) is 99.6 cm³/mol. The molecule has 1 N–H and O–H groups in total. The van der Waals surface area contributed by atoms with Crippen molar-refractivity contribution in [2.45, 2.75) is 31.3 Å². The molecule has 0 amide bonds. The Hall–Kier alpha value is -1.68. The largest absolute Gasteiger partial charge is 0.390 e. The molecule has 23 heavy (non-hydrogen) atoms. The normalized spacial score (nSPS) is 14.2. The Balaban J connectivity index is 1.98. The van der Waals surface area contributed by atoms with E-state index >= 15 is 0 Å². The summed E-state index contributed by atoms with van der Waals surface area (Å²) in [5.74, 6) is 0. The lowest BCUT2D eigenvalue weighted by atomic mass is 10.2. The highest BCUT2D eigenvalue weighted by atomic mass is 28.3. The standard InChI is InChI=1S/C20H26O2Si/c1-4-20(23(2,3)18-13-9-6-10-14-18)19(21)16-22-15-17-11-7-5-8-12-17/h4-14,19-21H,1,15-16H2,2-3H3/t19-,20-/m0/s1. The molecule has 2 rings (SSSR count). The minimum Gasteiger partial charge on any atom is -0.390 e. The van der Waals surface area contributed by atoms with Crippen molar-refractivity contribution >= 4 is 13.3 Å². The van der Waals surface area contributed by atoms with Crippen molar-refractivity contribution in [2.24, 2.45) is 0 Å². The van der Waals surface area contributed by atoms with Crippen molar-refractivity contribution < 1.29 is 9.84 Å². The second-order valence-electron chi connectivity index (χ2n) is 6.42. The van der Waals surface area contributed by atoms with E-state index in [1.54, 1.807) is 0 Å². The van der Waals surface area contributed by atoms with Crippen LogP contribution in [-0.4, -0.2) is 25.9 Å². The van der Waals surface area contributed by atoms with Gasteiger partial charge in [-0.25, -0.2) is 0 Å². The molecule has 0 unspecified atom stereocenters. The Morgan fingerprint density at radius 3 is 2.17 bits per heavy atom. The SMILES string of the molecule is C=C[C@@H]([C@@H](O)COCc1ccccc1)[Si](C)(C)c1ccccc1. The van der Waals surface area contributed by atoms with Gasteiger partial charge in [-0.05, 0) is 5.56 Å². The van der Waals surface area contributed by atoms with E-state index in [1.807, 2.05) is 42.5 Å². The zero-order valence-corrected chi connectivity index (χ0v) is 15.0. The van der Waals surface area contributed by atoms with Gasteiger partial charge in [0, 0.05) is 5.54 Å². The molecule has 2 atom stereocenters. The summed E-state index contributed by atoms with van der Waals surface area (Å²) in [4.78, 5) is 0. The van der Waals surface area contributed by atoms with Crippen molar-refractivity contribution in [3.8, 4) is 0 Å². The molecule has 0 radical (unpaired) electrons. The van der Waals surface area contributed by atoms with Crippen LogP contribution < -0.4 is 5.19 Å². The Labute approximate surface area is 140 Å². The van der Waals surface area contributed by atoms with Gasteiger partial charge in [0.2, 0.25) is 0 Å². The zero-order valence-electron chi connectivity index (χ0n) is 14.0. The fraction of sp³-hybridized carbons (Fsp3) is 0.300. The van der Waals surface area contributed by atoms with Crippen molar-refractivity contribution in [3.05, 3.63) is 78.9 Å². The van der Waals surface area contributed by atoms with Crippen LogP contribution in [0.2, 0.25) is 18.6 Å². The lowest BCUT2D eigenvalue weighted by molar-refractivity contribution is 0.0295. The molecule has 2 aromatic rings. The number of ether oxygens (including phenoxy) is 1. The molecule has 0 heterocycles. The molecule has 2 nitrogen and oxygen atoms in total. The molecule has 0 aromatic heterocycles. The number of benzene rings is 2. The second kappa shape index (κ2) is 8.25. The topological polar surface area (TPSA) is 29.5 Å². The van der Waals surface area contributed by atoms with Crippen LogP contribution in [0.25, 0.3) is 0 Å². The van der Waals surface area contributed by atoms with Gasteiger partial charge in [0.25, 0.3) is 0 Å². The predicted octanol–water partition coefficient (Wildman–Crippen LogP) is 3.74. The van der Waals surface area contributed by atoms with E-state index in [0.717, 1.165) is 5.56 Å². The summed E-state index contributed by atoms with van der Waals surface area (Å²) in [7, 11) is -1.85. The van der Waals surface area contributed by atoms with Gasteiger partial charge >= 0.3 is 0 Å². The smallest absolute Gasteiger partial charge is 0.0902 e. The summed E-state index contributed by atoms with van der Waals surface area (Å²) in [6, 6.07) is 20.5. The highest BCUT2D eigenvalue weighted by molar-refractivity contribution is 6.91. The summed E-state index contributed by atoms with van der Waals surface area (Å²) in [6.45, 7) is 9.36. The number of hydrogen-bond acceptors (Lipinski definition) is 2. The maximum atomic E-state index is 10.6. The molecular formula is C20H26O2Si. The lowest BCUT2D eigenvalue weighted by Crippen LogP contribution is -2.50. The van der Waals surface area contributed by atoms with Gasteiger partial charge in [0.05, 0.1) is 27.4 Å². The monoisotopic (exact) mass is 326 g/mol. The number of hydrogen-bond donors (Lipinski definition) is 1. The van der Waals surface area contributed by atoms with Crippen LogP contribution in [0.4, 0.5) is 0 Å². The molecule has 0 saturated carbocycles. The molecule has 0 fully saturated rings. The third-order valence-corrected chi connectivity index (χ3v) is 8.53. The molecule has 0 bridgehead atoms. The van der Waals surface area contributed by atoms with Crippen LogP contribution >= 0.6 is 0 Å². The van der Waals surface area contributed by atoms with Crippen molar-refractivity contribution in [1.82, 2.24) is 0 Å². The third kappa shape index (κ3) is 4.64. The van der Waals surface area contributed by atoms with Gasteiger partial charge in [-0.2, -0.15) is 0 Å². The first-order chi connectivity index (χ1) is 11.1. The molecule has 122 valence electrons. The Morgan fingerprint density at radius 2 is 1.61 bits per heavy atom. The van der Waals surface area contributed by atoms with Crippen molar-refractivity contribution in [2.75, 3.05) is 6.61 Å². The Morgan fingerprint density at radius 1 is 1.04 bits per heavy atom. The summed E-state index contributed by atoms with van der Waals surface area (Å²) in [5.41, 5.74) is 1.18. The molecular weight excluding hydrogens is 300 g/mol.